The number of carbonyl (C=O) groups is 7. The van der Waals surface area contributed by atoms with Crippen molar-refractivity contribution in [2.45, 2.75) is 89.0 Å². The third kappa shape index (κ3) is 12.8. The molecule has 6 amide bonds. The molecule has 1 heterocycles. The molecular formula is C36H49N7O8. The number of nitrogens with one attached hydrogen (secondary N) is 4. The van der Waals surface area contributed by atoms with Crippen LogP contribution in [-0.4, -0.2) is 94.7 Å². The summed E-state index contributed by atoms with van der Waals surface area (Å²) in [5, 5.41) is 19.8. The summed E-state index contributed by atoms with van der Waals surface area (Å²) in [5.41, 5.74) is 12.2. The molecule has 1 aliphatic rings. The van der Waals surface area contributed by atoms with Crippen molar-refractivity contribution in [2.24, 2.45) is 17.4 Å². The minimum atomic E-state index is -1.53. The van der Waals surface area contributed by atoms with Gasteiger partial charge in [0.25, 0.3) is 0 Å². The monoisotopic (exact) mass is 707 g/mol. The molecule has 0 saturated carbocycles. The van der Waals surface area contributed by atoms with Crippen molar-refractivity contribution in [3.63, 3.8) is 0 Å². The number of hydrogen-bond acceptors (Lipinski definition) is 8. The van der Waals surface area contributed by atoms with Gasteiger partial charge in [-0.2, -0.15) is 0 Å². The van der Waals surface area contributed by atoms with Crippen LogP contribution in [0.4, 0.5) is 0 Å². The van der Waals surface area contributed by atoms with Crippen molar-refractivity contribution in [3.8, 4) is 0 Å². The quantitative estimate of drug-likeness (QED) is 0.102. The highest BCUT2D eigenvalue weighted by Crippen LogP contribution is 2.21. The van der Waals surface area contributed by atoms with E-state index in [-0.39, 0.29) is 44.2 Å². The molecule has 1 saturated heterocycles. The minimum Gasteiger partial charge on any atom is -0.481 e. The highest BCUT2D eigenvalue weighted by molar-refractivity contribution is 5.97. The molecule has 0 bridgehead atoms. The van der Waals surface area contributed by atoms with E-state index in [4.69, 9.17) is 11.5 Å². The van der Waals surface area contributed by atoms with Crippen molar-refractivity contribution < 1.29 is 38.7 Å². The first-order valence-electron chi connectivity index (χ1n) is 17.1. The van der Waals surface area contributed by atoms with Gasteiger partial charge in [-0.3, -0.25) is 33.6 Å². The third-order valence-electron chi connectivity index (χ3n) is 8.42. The molecule has 0 radical (unpaired) electrons. The second-order valence-corrected chi connectivity index (χ2v) is 13.0. The maximum absolute atomic E-state index is 14.0. The highest BCUT2D eigenvalue weighted by atomic mass is 16.4. The zero-order valence-electron chi connectivity index (χ0n) is 29.0. The molecule has 276 valence electrons. The first kappa shape index (κ1) is 40.1. The lowest BCUT2D eigenvalue weighted by molar-refractivity contribution is -0.142. The van der Waals surface area contributed by atoms with Crippen LogP contribution in [0, 0.1) is 5.92 Å². The van der Waals surface area contributed by atoms with E-state index in [0.717, 1.165) is 0 Å². The number of aliphatic carboxylic acids is 1. The lowest BCUT2D eigenvalue weighted by Crippen LogP contribution is -2.59. The first-order valence-corrected chi connectivity index (χ1v) is 17.1. The van der Waals surface area contributed by atoms with Gasteiger partial charge in [-0.25, -0.2) is 0 Å². The number of nitrogens with zero attached hydrogens (tertiary/aromatic N) is 1. The molecule has 0 spiro atoms. The average Bonchev–Trinajstić information content (AvgIpc) is 3.57. The second-order valence-electron chi connectivity index (χ2n) is 13.0. The lowest BCUT2D eigenvalue weighted by Gasteiger charge is -2.31. The fraction of sp³-hybridized carbons (Fsp3) is 0.472. The lowest BCUT2D eigenvalue weighted by atomic mass is 10.0. The number of benzene rings is 2. The Morgan fingerprint density at radius 2 is 1.31 bits per heavy atom. The third-order valence-corrected chi connectivity index (χ3v) is 8.42. The number of rotatable bonds is 19. The summed E-state index contributed by atoms with van der Waals surface area (Å²) in [7, 11) is 0. The zero-order valence-corrected chi connectivity index (χ0v) is 29.0. The molecule has 2 aromatic carbocycles. The molecule has 15 nitrogen and oxygen atoms in total. The van der Waals surface area contributed by atoms with Gasteiger partial charge in [0, 0.05) is 32.4 Å². The minimum absolute atomic E-state index is 0.0268. The summed E-state index contributed by atoms with van der Waals surface area (Å²) in [4.78, 5) is 92.2. The molecule has 1 aliphatic heterocycles. The number of nitrogens with two attached hydrogens (primary N) is 2. The van der Waals surface area contributed by atoms with Gasteiger partial charge in [0.1, 0.15) is 30.2 Å². The van der Waals surface area contributed by atoms with E-state index in [2.05, 4.69) is 21.3 Å². The van der Waals surface area contributed by atoms with Crippen molar-refractivity contribution >= 4 is 41.4 Å². The molecule has 9 N–H and O–H groups in total. The normalized spacial score (nSPS) is 16.3. The van der Waals surface area contributed by atoms with Crippen LogP contribution in [0.3, 0.4) is 0 Å². The Balaban J connectivity index is 1.87. The number of carboxylic acids is 1. The first-order chi connectivity index (χ1) is 24.3. The van der Waals surface area contributed by atoms with E-state index >= 15 is 0 Å². The van der Waals surface area contributed by atoms with Gasteiger partial charge in [0.2, 0.25) is 35.4 Å². The predicted molar refractivity (Wildman–Crippen MR) is 187 cm³/mol. The Labute approximate surface area is 297 Å². The number of carboxylic acid groups (broad SMARTS) is 1. The van der Waals surface area contributed by atoms with E-state index in [9.17, 15) is 38.7 Å². The standard InChI is InChI=1S/C36H49N7O8/c1-22(2)18-28(39-30(44)15-16-37)36(51)43-17-9-14-29(43)35(50)42-27(20-24-12-7-4-8-13-24)34(49)41-26(19-23-10-5-3-6-11-23)33(48)40-25(32(38)47)21-31(45)46/h3-8,10-13,22,25-29H,9,14-21,37H2,1-2H3,(H2,38,47)(H,39,44)(H,40,48)(H,41,49)(H,42,50)(H,45,46)/t25-,26-,27-,28-,29+/m0/s1. The van der Waals surface area contributed by atoms with E-state index in [1.807, 2.05) is 13.8 Å². The Morgan fingerprint density at radius 3 is 1.80 bits per heavy atom. The van der Waals surface area contributed by atoms with E-state index in [1.54, 1.807) is 60.7 Å². The van der Waals surface area contributed by atoms with Crippen molar-refractivity contribution in [2.75, 3.05) is 13.1 Å². The molecule has 1 fully saturated rings. The topological polar surface area (TPSA) is 243 Å². The summed E-state index contributed by atoms with van der Waals surface area (Å²) < 4.78 is 0. The van der Waals surface area contributed by atoms with Gasteiger partial charge in [0.05, 0.1) is 6.42 Å². The summed E-state index contributed by atoms with van der Waals surface area (Å²) >= 11 is 0. The van der Waals surface area contributed by atoms with Gasteiger partial charge < -0.3 is 42.7 Å². The summed E-state index contributed by atoms with van der Waals surface area (Å²) in [5.74, 6) is -5.27. The van der Waals surface area contributed by atoms with Gasteiger partial charge in [-0.05, 0) is 36.3 Å². The van der Waals surface area contributed by atoms with Gasteiger partial charge in [-0.1, -0.05) is 74.5 Å². The Kier molecular flexibility index (Phi) is 15.6. The molecular weight excluding hydrogens is 658 g/mol. The molecule has 51 heavy (non-hydrogen) atoms. The molecule has 15 heteroatoms. The fourth-order valence-corrected chi connectivity index (χ4v) is 5.92. The van der Waals surface area contributed by atoms with E-state index in [1.165, 1.54) is 4.90 Å². The van der Waals surface area contributed by atoms with Crippen LogP contribution < -0.4 is 32.7 Å². The number of likely N-dealkylation sites (tertiary alicyclic amines) is 1. The van der Waals surface area contributed by atoms with Crippen LogP contribution in [-0.2, 0) is 46.4 Å². The van der Waals surface area contributed by atoms with Crippen LogP contribution in [0.25, 0.3) is 0 Å². The Hall–Kier alpha value is -5.31. The second kappa shape index (κ2) is 19.8. The van der Waals surface area contributed by atoms with E-state index in [0.29, 0.717) is 30.4 Å². The largest absolute Gasteiger partial charge is 0.481 e. The van der Waals surface area contributed by atoms with Crippen molar-refractivity contribution in [3.05, 3.63) is 71.8 Å². The SMILES string of the molecule is CC(C)C[C@H](NC(=O)CCN)C(=O)N1CCC[C@@H]1C(=O)N[C@@H](Cc1ccccc1)C(=O)N[C@@H](Cc1ccccc1)C(=O)N[C@@H](CC(=O)O)C(N)=O. The zero-order chi connectivity index (χ0) is 37.5. The molecule has 5 atom stereocenters. The van der Waals surface area contributed by atoms with Gasteiger partial charge in [0.15, 0.2) is 0 Å². The summed E-state index contributed by atoms with van der Waals surface area (Å²) in [6.07, 6.45) is 0.515. The van der Waals surface area contributed by atoms with Crippen LogP contribution in [0.5, 0.6) is 0 Å². The van der Waals surface area contributed by atoms with Gasteiger partial charge >= 0.3 is 5.97 Å². The highest BCUT2D eigenvalue weighted by Gasteiger charge is 2.39. The average molecular weight is 708 g/mol. The fourth-order valence-electron chi connectivity index (χ4n) is 5.92. The summed E-state index contributed by atoms with van der Waals surface area (Å²) in [6, 6.07) is 11.8. The smallest absolute Gasteiger partial charge is 0.305 e. The maximum Gasteiger partial charge on any atom is 0.305 e. The van der Waals surface area contributed by atoms with Crippen molar-refractivity contribution in [1.82, 2.24) is 26.2 Å². The molecule has 3 rings (SSSR count). The van der Waals surface area contributed by atoms with Crippen LogP contribution >= 0.6 is 0 Å². The number of carbonyl (C=O) groups excluding carboxylic acids is 6. The van der Waals surface area contributed by atoms with Gasteiger partial charge in [-0.15, -0.1) is 0 Å². The number of hydrogen-bond donors (Lipinski definition) is 7. The van der Waals surface area contributed by atoms with Crippen molar-refractivity contribution in [1.29, 1.82) is 0 Å². The van der Waals surface area contributed by atoms with E-state index < -0.39 is 72.1 Å². The molecule has 0 unspecified atom stereocenters. The van der Waals surface area contributed by atoms with Crippen LogP contribution in [0.15, 0.2) is 60.7 Å². The van der Waals surface area contributed by atoms with Crippen LogP contribution in [0.2, 0.25) is 0 Å². The number of amides is 6. The Bertz CT molecular complexity index is 1520. The predicted octanol–water partition coefficient (Wildman–Crippen LogP) is -0.243. The molecule has 2 aromatic rings. The van der Waals surface area contributed by atoms with Crippen LogP contribution in [0.1, 0.15) is 57.1 Å². The maximum atomic E-state index is 14.0. The Morgan fingerprint density at radius 1 is 0.784 bits per heavy atom. The number of primary amides is 1. The molecule has 0 aromatic heterocycles. The summed E-state index contributed by atoms with van der Waals surface area (Å²) in [6.45, 7) is 4.24. The molecule has 0 aliphatic carbocycles.